The molecule has 2 aliphatic heterocycles. The average Bonchev–Trinajstić information content (AvgIpc) is 2.84. The molecule has 10 atom stereocenters. The van der Waals surface area contributed by atoms with E-state index in [1.165, 1.54) is 6.92 Å². The van der Waals surface area contributed by atoms with Crippen LogP contribution in [0.2, 0.25) is 0 Å². The summed E-state index contributed by atoms with van der Waals surface area (Å²) < 4.78 is 22.2. The van der Waals surface area contributed by atoms with E-state index in [9.17, 15) is 40.9 Å². The normalized spacial score (nSPS) is 40.0. The van der Waals surface area contributed by atoms with Gasteiger partial charge in [0.2, 0.25) is 12.6 Å². The Labute approximate surface area is 200 Å². The van der Waals surface area contributed by atoms with Gasteiger partial charge in [-0.3, -0.25) is 0 Å². The van der Waals surface area contributed by atoms with Crippen molar-refractivity contribution >= 4 is 10.8 Å². The van der Waals surface area contributed by atoms with E-state index in [4.69, 9.17) is 18.9 Å². The first-order valence-corrected chi connectivity index (χ1v) is 11.1. The van der Waals surface area contributed by atoms with E-state index >= 15 is 0 Å². The van der Waals surface area contributed by atoms with Crippen LogP contribution in [0.4, 0.5) is 0 Å². The predicted molar refractivity (Wildman–Crippen MR) is 117 cm³/mol. The largest absolute Gasteiger partial charge is 0.462 e. The van der Waals surface area contributed by atoms with Gasteiger partial charge in [0.15, 0.2) is 5.60 Å². The van der Waals surface area contributed by atoms with Crippen LogP contribution < -0.4 is 9.47 Å². The molecule has 2 heterocycles. The Kier molecular flexibility index (Phi) is 7.50. The average molecular weight is 498 g/mol. The molecule has 0 unspecified atom stereocenters. The summed E-state index contributed by atoms with van der Waals surface area (Å²) >= 11 is 0. The summed E-state index contributed by atoms with van der Waals surface area (Å²) in [7, 11) is 0. The first-order valence-electron chi connectivity index (χ1n) is 11.1. The van der Waals surface area contributed by atoms with Crippen LogP contribution >= 0.6 is 0 Å². The predicted octanol–water partition coefficient (Wildman–Crippen LogP) is -2.41. The molecule has 2 fully saturated rings. The fraction of sp³-hybridized carbons (Fsp3) is 0.565. The Hall–Kier alpha value is -2.10. The molecule has 0 aromatic heterocycles. The van der Waals surface area contributed by atoms with Crippen LogP contribution in [-0.4, -0.2) is 115 Å². The molecule has 0 radical (unpaired) electrons. The van der Waals surface area contributed by atoms with Gasteiger partial charge in [-0.1, -0.05) is 12.1 Å². The van der Waals surface area contributed by atoms with Crippen molar-refractivity contribution in [1.82, 2.24) is 0 Å². The van der Waals surface area contributed by atoms with Crippen LogP contribution in [0, 0.1) is 0 Å². The van der Waals surface area contributed by atoms with Gasteiger partial charge in [-0.15, -0.1) is 0 Å². The summed E-state index contributed by atoms with van der Waals surface area (Å²) in [6.45, 7) is 0.0657. The highest BCUT2D eigenvalue weighted by molar-refractivity contribution is 5.85. The lowest BCUT2D eigenvalue weighted by atomic mass is 9.88. The monoisotopic (exact) mass is 498 g/mol. The van der Waals surface area contributed by atoms with E-state index in [2.05, 4.69) is 0 Å². The summed E-state index contributed by atoms with van der Waals surface area (Å²) in [5.74, 6) is 0.492. The Morgan fingerprint density at radius 2 is 1.31 bits per heavy atom. The lowest BCUT2D eigenvalue weighted by molar-refractivity contribution is -0.314. The number of rotatable bonds is 6. The minimum absolute atomic E-state index is 0.244. The van der Waals surface area contributed by atoms with Gasteiger partial charge >= 0.3 is 0 Å². The van der Waals surface area contributed by atoms with Crippen molar-refractivity contribution in [2.45, 2.75) is 67.8 Å². The van der Waals surface area contributed by atoms with Crippen molar-refractivity contribution in [3.05, 3.63) is 36.4 Å². The van der Waals surface area contributed by atoms with Crippen LogP contribution in [0.5, 0.6) is 11.5 Å². The van der Waals surface area contributed by atoms with Crippen molar-refractivity contribution in [2.24, 2.45) is 0 Å². The van der Waals surface area contributed by atoms with Gasteiger partial charge in [0, 0.05) is 0 Å². The molecule has 12 heteroatoms. The van der Waals surface area contributed by atoms with Crippen molar-refractivity contribution in [3.8, 4) is 11.5 Å². The number of aliphatic hydroxyl groups is 8. The highest BCUT2D eigenvalue weighted by Gasteiger charge is 2.53. The summed E-state index contributed by atoms with van der Waals surface area (Å²) in [6, 6.07) is 9.83. The molecule has 2 saturated heterocycles. The Morgan fingerprint density at radius 3 is 1.91 bits per heavy atom. The van der Waals surface area contributed by atoms with Crippen LogP contribution in [0.1, 0.15) is 6.92 Å². The number of ether oxygens (including phenoxy) is 4. The molecular formula is C23H30O12. The molecule has 12 nitrogen and oxygen atoms in total. The molecule has 4 rings (SSSR count). The van der Waals surface area contributed by atoms with Gasteiger partial charge in [0.25, 0.3) is 0 Å². The molecule has 0 spiro atoms. The lowest BCUT2D eigenvalue weighted by Crippen LogP contribution is -2.66. The van der Waals surface area contributed by atoms with E-state index in [1.54, 1.807) is 36.4 Å². The molecule has 194 valence electrons. The number of benzene rings is 2. The number of aliphatic hydroxyl groups excluding tert-OH is 7. The van der Waals surface area contributed by atoms with Crippen molar-refractivity contribution in [3.63, 3.8) is 0 Å². The minimum atomic E-state index is -1.98. The second kappa shape index (κ2) is 10.1. The van der Waals surface area contributed by atoms with E-state index in [0.717, 1.165) is 5.39 Å². The molecule has 0 saturated carbocycles. The van der Waals surface area contributed by atoms with Crippen LogP contribution in [0.3, 0.4) is 0 Å². The van der Waals surface area contributed by atoms with Gasteiger partial charge in [-0.2, -0.15) is 0 Å². The fourth-order valence-electron chi connectivity index (χ4n) is 4.14. The first kappa shape index (κ1) is 26.0. The van der Waals surface area contributed by atoms with Crippen molar-refractivity contribution in [1.29, 1.82) is 0 Å². The number of fused-ring (bicyclic) bond motifs is 1. The number of hydrogen-bond acceptors (Lipinski definition) is 12. The maximum atomic E-state index is 10.6. The smallest absolute Gasteiger partial charge is 0.231 e. The van der Waals surface area contributed by atoms with Gasteiger partial charge in [-0.05, 0) is 42.0 Å². The Balaban J connectivity index is 1.54. The second-order valence-electron chi connectivity index (χ2n) is 8.95. The maximum absolute atomic E-state index is 10.6. The van der Waals surface area contributed by atoms with Gasteiger partial charge in [-0.25, -0.2) is 0 Å². The van der Waals surface area contributed by atoms with Crippen LogP contribution in [-0.2, 0) is 9.47 Å². The molecule has 8 N–H and O–H groups in total. The number of hydrogen-bond donors (Lipinski definition) is 8. The SMILES string of the molecule is C[C@@]1(O)[C@@H](Oc2ccc3ccc(O[C@H]4O[C@H](CO)[C@@H](O)[C@H](O)[C@@H]4O)cc3c2)O[C@H](CO)[C@@H](O)[C@@H]1O. The van der Waals surface area contributed by atoms with Crippen molar-refractivity contribution in [2.75, 3.05) is 13.2 Å². The quantitative estimate of drug-likeness (QED) is 0.210. The molecule has 2 aliphatic rings. The zero-order valence-electron chi connectivity index (χ0n) is 18.8. The first-order chi connectivity index (χ1) is 16.6. The Bertz CT molecular complexity index is 1010. The van der Waals surface area contributed by atoms with E-state index in [-0.39, 0.29) is 11.5 Å². The third-order valence-electron chi connectivity index (χ3n) is 6.39. The minimum Gasteiger partial charge on any atom is -0.462 e. The second-order valence-corrected chi connectivity index (χ2v) is 8.95. The van der Waals surface area contributed by atoms with Crippen LogP contribution in [0.25, 0.3) is 10.8 Å². The molecule has 35 heavy (non-hydrogen) atoms. The van der Waals surface area contributed by atoms with Crippen LogP contribution in [0.15, 0.2) is 36.4 Å². The highest BCUT2D eigenvalue weighted by atomic mass is 16.7. The zero-order valence-corrected chi connectivity index (χ0v) is 18.8. The summed E-state index contributed by atoms with van der Waals surface area (Å²) in [4.78, 5) is 0. The third kappa shape index (κ3) is 4.95. The molecule has 0 amide bonds. The molecule has 2 aromatic rings. The molecule has 0 bridgehead atoms. The fourth-order valence-corrected chi connectivity index (χ4v) is 4.14. The standard InChI is InChI=1S/C23H30O12/c1-23(31)20(30)17(27)15(9-25)35-22(23)33-13-5-3-10-2-4-12(6-11(10)7-13)32-21-19(29)18(28)16(26)14(8-24)34-21/h2-7,14-22,24-31H,8-9H2,1H3/t14-,15-,16-,17-,18+,19+,20+,21+,22+,23+/m1/s1. The summed E-state index contributed by atoms with van der Waals surface area (Å²) in [6.07, 6.45) is -12.8. The maximum Gasteiger partial charge on any atom is 0.231 e. The van der Waals surface area contributed by atoms with E-state index in [1.807, 2.05) is 0 Å². The lowest BCUT2D eigenvalue weighted by Gasteiger charge is -2.45. The third-order valence-corrected chi connectivity index (χ3v) is 6.39. The van der Waals surface area contributed by atoms with Gasteiger partial charge in [0.1, 0.15) is 54.2 Å². The van der Waals surface area contributed by atoms with E-state index in [0.29, 0.717) is 5.39 Å². The van der Waals surface area contributed by atoms with E-state index < -0.39 is 74.1 Å². The van der Waals surface area contributed by atoms with Gasteiger partial charge in [0.05, 0.1) is 13.2 Å². The topological polar surface area (TPSA) is 199 Å². The zero-order chi connectivity index (χ0) is 25.5. The summed E-state index contributed by atoms with van der Waals surface area (Å²) in [5.41, 5.74) is -1.98. The summed E-state index contributed by atoms with van der Waals surface area (Å²) in [5, 5.41) is 81.1. The molecule has 2 aromatic carbocycles. The molecule has 0 aliphatic carbocycles. The van der Waals surface area contributed by atoms with Crippen molar-refractivity contribution < 1.29 is 59.8 Å². The van der Waals surface area contributed by atoms with Gasteiger partial charge < -0.3 is 59.8 Å². The highest BCUT2D eigenvalue weighted by Crippen LogP contribution is 2.33. The Morgan fingerprint density at radius 1 is 0.743 bits per heavy atom. The molecular weight excluding hydrogens is 468 g/mol.